The molecule has 2 aromatic rings. The maximum Gasteiger partial charge on any atom is 0.183 e. The first kappa shape index (κ1) is 26.4. The second kappa shape index (κ2) is 11.0. The Morgan fingerprint density at radius 1 is 1.18 bits per heavy atom. The molecule has 0 bridgehead atoms. The maximum absolute atomic E-state index is 12.2. The largest absolute Gasteiger partial charge is 0.416 e. The van der Waals surface area contributed by atoms with Crippen LogP contribution in [0.4, 0.5) is 5.69 Å². The number of rotatable bonds is 11. The minimum Gasteiger partial charge on any atom is -0.416 e. The number of anilines is 1. The van der Waals surface area contributed by atoms with Gasteiger partial charge in [0.15, 0.2) is 14.1 Å². The van der Waals surface area contributed by atoms with Crippen molar-refractivity contribution in [2.45, 2.75) is 79.6 Å². The minimum atomic E-state index is -1.51. The van der Waals surface area contributed by atoms with Gasteiger partial charge in [-0.15, -0.1) is 0 Å². The van der Waals surface area contributed by atoms with Gasteiger partial charge in [-0.3, -0.25) is 4.79 Å². The Hall–Kier alpha value is -2.18. The number of hydrogen-bond acceptors (Lipinski definition) is 4. The second-order valence-electron chi connectivity index (χ2n) is 11.2. The van der Waals surface area contributed by atoms with Crippen LogP contribution in [0, 0.1) is 5.41 Å². The average molecular weight is 482 g/mol. The minimum absolute atomic E-state index is 0.0194. The summed E-state index contributed by atoms with van der Waals surface area (Å²) in [5.41, 5.74) is 4.51. The summed E-state index contributed by atoms with van der Waals surface area (Å²) in [7, 11) is -1.51. The van der Waals surface area contributed by atoms with Crippen molar-refractivity contribution < 1.29 is 9.22 Å². The maximum atomic E-state index is 12.2. The van der Waals surface area contributed by atoms with Gasteiger partial charge in [-0.2, -0.15) is 0 Å². The molecule has 34 heavy (non-hydrogen) atoms. The lowest BCUT2D eigenvalue weighted by atomic mass is 9.77. The number of ketones is 1. The number of likely N-dealkylation sites (N-methyl/N-ethyl adjacent to an activating group) is 1. The molecule has 1 aliphatic rings. The number of carbonyl (C=O) groups is 1. The topological polar surface area (TPSA) is 47.4 Å². The molecular weight excluding hydrogens is 438 g/mol. The fraction of sp³-hybridized carbons (Fsp3) is 0.571. The Morgan fingerprint density at radius 3 is 2.59 bits per heavy atom. The molecule has 3 rings (SSSR count). The van der Waals surface area contributed by atoms with Crippen LogP contribution in [0.5, 0.6) is 0 Å². The van der Waals surface area contributed by atoms with Gasteiger partial charge in [0.05, 0.1) is 17.6 Å². The molecule has 1 heterocycles. The number of aryl methyl sites for hydroxylation is 1. The van der Waals surface area contributed by atoms with E-state index in [0.717, 1.165) is 62.4 Å². The summed E-state index contributed by atoms with van der Waals surface area (Å²) in [6.07, 6.45) is 9.77. The molecule has 6 heteroatoms. The first-order valence-corrected chi connectivity index (χ1v) is 16.2. The third kappa shape index (κ3) is 7.16. The monoisotopic (exact) mass is 481 g/mol. The van der Waals surface area contributed by atoms with Crippen molar-refractivity contribution in [2.24, 2.45) is 5.41 Å². The normalized spacial score (nSPS) is 16.4. The van der Waals surface area contributed by atoms with Gasteiger partial charge in [0, 0.05) is 31.7 Å². The predicted octanol–water partition coefficient (Wildman–Crippen LogP) is 6.84. The SMILES string of the molecule is CCCCn1c(C=CC2=CC(=O)CC(C)(C)C2)nc2ccc(N(CC)CCO[Si](C)(C)C)cc21. The van der Waals surface area contributed by atoms with Crippen molar-refractivity contribution in [3.63, 3.8) is 0 Å². The molecule has 0 atom stereocenters. The second-order valence-corrected chi connectivity index (χ2v) is 15.7. The van der Waals surface area contributed by atoms with Crippen molar-refractivity contribution in [3.8, 4) is 0 Å². The lowest BCUT2D eigenvalue weighted by Gasteiger charge is -2.27. The summed E-state index contributed by atoms with van der Waals surface area (Å²) in [6, 6.07) is 6.59. The molecule has 1 aromatic carbocycles. The lowest BCUT2D eigenvalue weighted by Crippen LogP contribution is -2.33. The number of aromatic nitrogens is 2. The van der Waals surface area contributed by atoms with E-state index < -0.39 is 8.32 Å². The quantitative estimate of drug-likeness (QED) is 0.330. The molecule has 0 spiro atoms. The Bertz CT molecular complexity index is 1060. The van der Waals surface area contributed by atoms with E-state index in [0.29, 0.717) is 6.42 Å². The smallest absolute Gasteiger partial charge is 0.183 e. The molecular formula is C28H43N3O2Si. The third-order valence-corrected chi connectivity index (χ3v) is 7.34. The summed E-state index contributed by atoms with van der Waals surface area (Å²) in [5, 5.41) is 0. The zero-order valence-corrected chi connectivity index (χ0v) is 23.3. The fourth-order valence-corrected chi connectivity index (χ4v) is 5.32. The van der Waals surface area contributed by atoms with Gasteiger partial charge >= 0.3 is 0 Å². The van der Waals surface area contributed by atoms with Gasteiger partial charge < -0.3 is 13.9 Å². The van der Waals surface area contributed by atoms with E-state index in [2.05, 4.69) is 87.2 Å². The van der Waals surface area contributed by atoms with Crippen LogP contribution < -0.4 is 4.90 Å². The number of unbranched alkanes of at least 4 members (excludes halogenated alkanes) is 1. The first-order valence-electron chi connectivity index (χ1n) is 12.8. The summed E-state index contributed by atoms with van der Waals surface area (Å²) < 4.78 is 8.44. The van der Waals surface area contributed by atoms with E-state index in [9.17, 15) is 4.79 Å². The number of nitrogens with zero attached hydrogens (tertiary/aromatic N) is 3. The highest BCUT2D eigenvalue weighted by Gasteiger charge is 2.26. The summed E-state index contributed by atoms with van der Waals surface area (Å²) in [4.78, 5) is 19.5. The van der Waals surface area contributed by atoms with Gasteiger partial charge in [-0.25, -0.2) is 4.98 Å². The van der Waals surface area contributed by atoms with E-state index in [4.69, 9.17) is 9.41 Å². The molecule has 0 amide bonds. The van der Waals surface area contributed by atoms with Crippen molar-refractivity contribution in [2.75, 3.05) is 24.6 Å². The zero-order chi connectivity index (χ0) is 24.9. The average Bonchev–Trinajstić information content (AvgIpc) is 3.08. The Balaban J connectivity index is 1.90. The molecule has 0 N–H and O–H groups in total. The van der Waals surface area contributed by atoms with Gasteiger partial charge in [-0.05, 0) is 80.7 Å². The molecule has 1 aliphatic carbocycles. The predicted molar refractivity (Wildman–Crippen MR) is 147 cm³/mol. The molecule has 0 saturated heterocycles. The van der Waals surface area contributed by atoms with Crippen molar-refractivity contribution in [1.82, 2.24) is 9.55 Å². The Labute approximate surface area is 207 Å². The highest BCUT2D eigenvalue weighted by Crippen LogP contribution is 2.34. The van der Waals surface area contributed by atoms with Crippen LogP contribution >= 0.6 is 0 Å². The molecule has 0 fully saturated rings. The van der Waals surface area contributed by atoms with Crippen molar-refractivity contribution >= 4 is 36.9 Å². The van der Waals surface area contributed by atoms with E-state index in [1.54, 1.807) is 6.08 Å². The van der Waals surface area contributed by atoms with Gasteiger partial charge in [0.1, 0.15) is 5.82 Å². The fourth-order valence-electron chi connectivity index (χ4n) is 4.62. The van der Waals surface area contributed by atoms with Crippen LogP contribution in [0.15, 0.2) is 35.9 Å². The highest BCUT2D eigenvalue weighted by molar-refractivity contribution is 6.69. The number of hydrogen-bond donors (Lipinski definition) is 0. The van der Waals surface area contributed by atoms with Gasteiger partial charge in [0.25, 0.3) is 0 Å². The van der Waals surface area contributed by atoms with Crippen molar-refractivity contribution in [1.29, 1.82) is 0 Å². The Kier molecular flexibility index (Phi) is 8.58. The van der Waals surface area contributed by atoms with E-state index in [1.807, 2.05) is 0 Å². The highest BCUT2D eigenvalue weighted by atomic mass is 28.4. The zero-order valence-electron chi connectivity index (χ0n) is 22.3. The number of benzene rings is 1. The number of imidazole rings is 1. The van der Waals surface area contributed by atoms with Crippen LogP contribution in [0.2, 0.25) is 19.6 Å². The standard InChI is InChI=1S/C28H43N3O2Si/c1-8-10-15-31-26-19-23(30(9-2)16-17-33-34(5,6)7)12-13-25(26)29-27(31)14-11-22-18-24(32)21-28(3,4)20-22/h11-14,18-19H,8-10,15-17,20-21H2,1-7H3. The summed E-state index contributed by atoms with van der Waals surface area (Å²) in [6.45, 7) is 19.0. The van der Waals surface area contributed by atoms with E-state index in [1.165, 1.54) is 11.2 Å². The lowest BCUT2D eigenvalue weighted by molar-refractivity contribution is -0.116. The van der Waals surface area contributed by atoms with Crippen LogP contribution in [-0.4, -0.2) is 43.3 Å². The summed E-state index contributed by atoms with van der Waals surface area (Å²) >= 11 is 0. The number of fused-ring (bicyclic) bond motifs is 1. The third-order valence-electron chi connectivity index (χ3n) is 6.27. The first-order chi connectivity index (χ1) is 16.0. The molecule has 0 unspecified atom stereocenters. The van der Waals surface area contributed by atoms with E-state index >= 15 is 0 Å². The number of allylic oxidation sites excluding steroid dienone is 3. The van der Waals surface area contributed by atoms with Crippen molar-refractivity contribution in [3.05, 3.63) is 41.7 Å². The molecule has 0 radical (unpaired) electrons. The van der Waals surface area contributed by atoms with Crippen LogP contribution in [0.25, 0.3) is 17.1 Å². The molecule has 0 saturated carbocycles. The Morgan fingerprint density at radius 2 is 1.94 bits per heavy atom. The molecule has 1 aromatic heterocycles. The molecule has 0 aliphatic heterocycles. The summed E-state index contributed by atoms with van der Waals surface area (Å²) in [5.74, 6) is 1.18. The molecule has 5 nitrogen and oxygen atoms in total. The van der Waals surface area contributed by atoms with Gasteiger partial charge in [-0.1, -0.05) is 33.3 Å². The van der Waals surface area contributed by atoms with Crippen LogP contribution in [0.1, 0.15) is 59.2 Å². The number of carbonyl (C=O) groups excluding carboxylic acids is 1. The van der Waals surface area contributed by atoms with Crippen LogP contribution in [0.3, 0.4) is 0 Å². The van der Waals surface area contributed by atoms with Crippen LogP contribution in [-0.2, 0) is 15.8 Å². The molecule has 186 valence electrons. The van der Waals surface area contributed by atoms with Gasteiger partial charge in [0.2, 0.25) is 0 Å². The van der Waals surface area contributed by atoms with E-state index in [-0.39, 0.29) is 11.2 Å².